The molecule has 4 rings (SSSR count). The lowest BCUT2D eigenvalue weighted by atomic mass is 10.2. The number of H-pyrrole nitrogens is 1. The zero-order valence-electron chi connectivity index (χ0n) is 14.3. The number of amides is 1. The highest BCUT2D eigenvalue weighted by atomic mass is 32.2. The van der Waals surface area contributed by atoms with E-state index in [0.29, 0.717) is 11.4 Å². The van der Waals surface area contributed by atoms with Gasteiger partial charge in [-0.05, 0) is 49.2 Å². The lowest BCUT2D eigenvalue weighted by Gasteiger charge is -2.19. The van der Waals surface area contributed by atoms with Gasteiger partial charge in [0.05, 0.1) is 10.6 Å². The van der Waals surface area contributed by atoms with Gasteiger partial charge in [-0.3, -0.25) is 9.10 Å². The number of anilines is 1. The van der Waals surface area contributed by atoms with E-state index in [1.807, 2.05) is 0 Å². The van der Waals surface area contributed by atoms with Crippen molar-refractivity contribution < 1.29 is 13.2 Å². The number of hydrogen-bond acceptors (Lipinski definition) is 3. The first-order chi connectivity index (χ1) is 12.4. The second-order valence-electron chi connectivity index (χ2n) is 6.49. The number of rotatable bonds is 5. The van der Waals surface area contributed by atoms with Crippen LogP contribution < -0.4 is 9.62 Å². The number of aromatic amines is 1. The number of fused-ring (bicyclic) bond motifs is 1. The van der Waals surface area contributed by atoms with Gasteiger partial charge in [-0.2, -0.15) is 0 Å². The van der Waals surface area contributed by atoms with Crippen molar-refractivity contribution in [1.29, 1.82) is 0 Å². The van der Waals surface area contributed by atoms with Gasteiger partial charge in [0.25, 0.3) is 15.9 Å². The Morgan fingerprint density at radius 3 is 2.54 bits per heavy atom. The van der Waals surface area contributed by atoms with Gasteiger partial charge in [0.1, 0.15) is 5.69 Å². The van der Waals surface area contributed by atoms with Crippen molar-refractivity contribution in [3.05, 3.63) is 60.3 Å². The van der Waals surface area contributed by atoms with Crippen molar-refractivity contribution in [2.45, 2.75) is 23.8 Å². The van der Waals surface area contributed by atoms with E-state index in [4.69, 9.17) is 0 Å². The third-order valence-electron chi connectivity index (χ3n) is 4.53. The molecule has 7 heteroatoms. The molecule has 1 heterocycles. The van der Waals surface area contributed by atoms with E-state index in [0.717, 1.165) is 23.7 Å². The molecule has 0 unspecified atom stereocenters. The molecule has 1 aliphatic carbocycles. The molecule has 0 saturated heterocycles. The molecular formula is C19H19N3O3S. The van der Waals surface area contributed by atoms with E-state index >= 15 is 0 Å². The second-order valence-corrected chi connectivity index (χ2v) is 8.46. The Kier molecular flexibility index (Phi) is 3.96. The van der Waals surface area contributed by atoms with Crippen LogP contribution in [0.4, 0.5) is 5.69 Å². The topological polar surface area (TPSA) is 82.3 Å². The van der Waals surface area contributed by atoms with Crippen LogP contribution in [0.3, 0.4) is 0 Å². The minimum absolute atomic E-state index is 0.129. The number of hydrogen-bond donors (Lipinski definition) is 2. The van der Waals surface area contributed by atoms with E-state index in [-0.39, 0.29) is 16.8 Å². The summed E-state index contributed by atoms with van der Waals surface area (Å²) in [7, 11) is -2.11. The van der Waals surface area contributed by atoms with Crippen molar-refractivity contribution in [1.82, 2.24) is 10.3 Å². The highest BCUT2D eigenvalue weighted by molar-refractivity contribution is 7.92. The van der Waals surface area contributed by atoms with Crippen LogP contribution in [0.15, 0.2) is 59.5 Å². The van der Waals surface area contributed by atoms with Gasteiger partial charge in [-0.1, -0.05) is 18.2 Å². The summed E-state index contributed by atoms with van der Waals surface area (Å²) < 4.78 is 26.8. The highest BCUT2D eigenvalue weighted by Crippen LogP contribution is 2.27. The summed E-state index contributed by atoms with van der Waals surface area (Å²) >= 11 is 0. The van der Waals surface area contributed by atoms with Gasteiger partial charge in [0.2, 0.25) is 0 Å². The van der Waals surface area contributed by atoms with E-state index in [1.165, 1.54) is 11.4 Å². The quantitative estimate of drug-likeness (QED) is 0.725. The number of nitrogens with zero attached hydrogens (tertiary/aromatic N) is 1. The first-order valence-corrected chi connectivity index (χ1v) is 9.87. The summed E-state index contributed by atoms with van der Waals surface area (Å²) in [6.07, 6.45) is 2.05. The first-order valence-electron chi connectivity index (χ1n) is 8.43. The number of aromatic nitrogens is 1. The molecule has 2 aromatic carbocycles. The van der Waals surface area contributed by atoms with Crippen LogP contribution in [0, 0.1) is 0 Å². The molecule has 1 aromatic heterocycles. The van der Waals surface area contributed by atoms with E-state index in [1.54, 1.807) is 54.6 Å². The Hall–Kier alpha value is -2.80. The third-order valence-corrected chi connectivity index (χ3v) is 6.33. The zero-order valence-corrected chi connectivity index (χ0v) is 15.1. The SMILES string of the molecule is CN(c1ccc2[nH]c(C(=O)NC3CC3)cc2c1)S(=O)(=O)c1ccccc1. The molecule has 0 radical (unpaired) electrons. The minimum Gasteiger partial charge on any atom is -0.351 e. The average Bonchev–Trinajstić information content (AvgIpc) is 3.36. The molecule has 26 heavy (non-hydrogen) atoms. The predicted octanol–water partition coefficient (Wildman–Crippen LogP) is 2.89. The molecule has 0 aliphatic heterocycles. The molecule has 1 saturated carbocycles. The zero-order chi connectivity index (χ0) is 18.3. The maximum absolute atomic E-state index is 12.8. The number of carbonyl (C=O) groups excluding carboxylic acids is 1. The Balaban J connectivity index is 1.65. The van der Waals surface area contributed by atoms with Crippen LogP contribution in [0.1, 0.15) is 23.3 Å². The molecule has 1 aliphatic rings. The van der Waals surface area contributed by atoms with Crippen molar-refractivity contribution in [3.63, 3.8) is 0 Å². The molecule has 0 atom stereocenters. The van der Waals surface area contributed by atoms with Crippen molar-refractivity contribution >= 4 is 32.5 Å². The van der Waals surface area contributed by atoms with Crippen LogP contribution in [-0.4, -0.2) is 32.4 Å². The molecule has 134 valence electrons. The summed E-state index contributed by atoms with van der Waals surface area (Å²) in [5.41, 5.74) is 1.81. The number of nitrogens with one attached hydrogen (secondary N) is 2. The summed E-state index contributed by atoms with van der Waals surface area (Å²) in [6, 6.07) is 15.6. The molecule has 2 N–H and O–H groups in total. The lowest BCUT2D eigenvalue weighted by molar-refractivity contribution is 0.0947. The fourth-order valence-corrected chi connectivity index (χ4v) is 4.03. The monoisotopic (exact) mass is 369 g/mol. The largest absolute Gasteiger partial charge is 0.351 e. The normalized spacial score (nSPS) is 14.3. The van der Waals surface area contributed by atoms with Crippen LogP contribution in [0.5, 0.6) is 0 Å². The Morgan fingerprint density at radius 2 is 1.85 bits per heavy atom. The number of benzene rings is 2. The molecule has 0 bridgehead atoms. The van der Waals surface area contributed by atoms with Crippen molar-refractivity contribution in [2.75, 3.05) is 11.4 Å². The van der Waals surface area contributed by atoms with Crippen LogP contribution in [-0.2, 0) is 10.0 Å². The van der Waals surface area contributed by atoms with E-state index < -0.39 is 10.0 Å². The Morgan fingerprint density at radius 1 is 1.12 bits per heavy atom. The van der Waals surface area contributed by atoms with Gasteiger partial charge in [0.15, 0.2) is 0 Å². The van der Waals surface area contributed by atoms with E-state index in [2.05, 4.69) is 10.3 Å². The number of sulfonamides is 1. The standard InChI is InChI=1S/C19H19N3O3S/c1-22(26(24,25)16-5-3-2-4-6-16)15-9-10-17-13(11-15)12-18(21-17)19(23)20-14-7-8-14/h2-6,9-12,14,21H,7-8H2,1H3,(H,20,23). The summed E-state index contributed by atoms with van der Waals surface area (Å²) in [4.78, 5) is 15.5. The first kappa shape index (κ1) is 16.7. The molecule has 1 amide bonds. The van der Waals surface area contributed by atoms with Crippen LogP contribution in [0.2, 0.25) is 0 Å². The molecular weight excluding hydrogens is 350 g/mol. The summed E-state index contributed by atoms with van der Waals surface area (Å²) in [6.45, 7) is 0. The Bertz CT molecular complexity index is 1070. The molecule has 0 spiro atoms. The summed E-state index contributed by atoms with van der Waals surface area (Å²) in [5.74, 6) is -0.129. The minimum atomic E-state index is -3.63. The van der Waals surface area contributed by atoms with Crippen LogP contribution in [0.25, 0.3) is 10.9 Å². The maximum Gasteiger partial charge on any atom is 0.267 e. The maximum atomic E-state index is 12.8. The van der Waals surface area contributed by atoms with Gasteiger partial charge in [-0.25, -0.2) is 8.42 Å². The van der Waals surface area contributed by atoms with E-state index in [9.17, 15) is 13.2 Å². The smallest absolute Gasteiger partial charge is 0.267 e. The van der Waals surface area contributed by atoms with Gasteiger partial charge >= 0.3 is 0 Å². The molecule has 1 fully saturated rings. The van der Waals surface area contributed by atoms with Crippen LogP contribution >= 0.6 is 0 Å². The average molecular weight is 369 g/mol. The second kappa shape index (κ2) is 6.17. The Labute approximate surface area is 151 Å². The highest BCUT2D eigenvalue weighted by Gasteiger charge is 2.25. The third kappa shape index (κ3) is 3.06. The van der Waals surface area contributed by atoms with Gasteiger partial charge in [0, 0.05) is 24.0 Å². The lowest BCUT2D eigenvalue weighted by Crippen LogP contribution is -2.26. The number of carbonyl (C=O) groups is 1. The summed E-state index contributed by atoms with van der Waals surface area (Å²) in [5, 5.41) is 3.73. The molecule has 6 nitrogen and oxygen atoms in total. The fourth-order valence-electron chi connectivity index (χ4n) is 2.82. The molecule has 3 aromatic rings. The van der Waals surface area contributed by atoms with Gasteiger partial charge < -0.3 is 10.3 Å². The fraction of sp³-hybridized carbons (Fsp3) is 0.211. The predicted molar refractivity (Wildman–Crippen MR) is 101 cm³/mol. The van der Waals surface area contributed by atoms with Crippen molar-refractivity contribution in [3.8, 4) is 0 Å². The van der Waals surface area contributed by atoms with Gasteiger partial charge in [-0.15, -0.1) is 0 Å². The van der Waals surface area contributed by atoms with Crippen molar-refractivity contribution in [2.24, 2.45) is 0 Å².